The Hall–Kier alpha value is -4.11. The highest BCUT2D eigenvalue weighted by Gasteiger charge is 2.16. The molecule has 0 aliphatic heterocycles. The van der Waals surface area contributed by atoms with E-state index in [2.05, 4.69) is 4.72 Å². The fourth-order valence-corrected chi connectivity index (χ4v) is 4.60. The Kier molecular flexibility index (Phi) is 6.61. The van der Waals surface area contributed by atoms with Gasteiger partial charge in [0.1, 0.15) is 17.9 Å². The van der Waals surface area contributed by atoms with E-state index in [4.69, 9.17) is 13.9 Å². The van der Waals surface area contributed by atoms with Crippen LogP contribution in [0, 0.1) is 13.8 Å². The Bertz CT molecular complexity index is 1570. The third kappa shape index (κ3) is 5.36. The SMILES string of the molecule is COc1ccc2c(COC(=O)c3ccc(NS(=O)(=O)c4ccc(C)c(C)c4)cc3)cc(=O)oc2c1. The molecule has 0 bridgehead atoms. The molecular formula is C26H23NO7S. The first-order chi connectivity index (χ1) is 16.7. The number of hydrogen-bond donors (Lipinski definition) is 1. The maximum absolute atomic E-state index is 12.7. The van der Waals surface area contributed by atoms with Crippen molar-refractivity contribution in [3.8, 4) is 5.75 Å². The third-order valence-corrected chi connectivity index (χ3v) is 6.94. The van der Waals surface area contributed by atoms with Gasteiger partial charge in [0.2, 0.25) is 0 Å². The topological polar surface area (TPSA) is 112 Å². The maximum Gasteiger partial charge on any atom is 0.338 e. The number of ether oxygens (including phenoxy) is 2. The molecule has 4 rings (SSSR count). The number of aryl methyl sites for hydroxylation is 2. The second-order valence-electron chi connectivity index (χ2n) is 7.96. The van der Waals surface area contributed by atoms with Crippen molar-refractivity contribution < 1.29 is 27.1 Å². The highest BCUT2D eigenvalue weighted by Crippen LogP contribution is 2.24. The Labute approximate surface area is 202 Å². The summed E-state index contributed by atoms with van der Waals surface area (Å²) in [5.74, 6) is -0.0912. The lowest BCUT2D eigenvalue weighted by molar-refractivity contribution is 0.0474. The average Bonchev–Trinajstić information content (AvgIpc) is 2.83. The Balaban J connectivity index is 1.46. The van der Waals surface area contributed by atoms with Crippen LogP contribution in [0.4, 0.5) is 5.69 Å². The minimum atomic E-state index is -3.78. The van der Waals surface area contributed by atoms with E-state index in [9.17, 15) is 18.0 Å². The molecule has 0 amide bonds. The van der Waals surface area contributed by atoms with Gasteiger partial charge in [-0.1, -0.05) is 6.07 Å². The van der Waals surface area contributed by atoms with Crippen LogP contribution in [-0.4, -0.2) is 21.5 Å². The van der Waals surface area contributed by atoms with Gasteiger partial charge >= 0.3 is 11.6 Å². The number of fused-ring (bicyclic) bond motifs is 1. The molecule has 3 aromatic carbocycles. The van der Waals surface area contributed by atoms with E-state index in [1.54, 1.807) is 36.4 Å². The van der Waals surface area contributed by atoms with Crippen LogP contribution < -0.4 is 15.1 Å². The van der Waals surface area contributed by atoms with E-state index in [1.807, 2.05) is 13.8 Å². The van der Waals surface area contributed by atoms with Crippen molar-refractivity contribution in [1.82, 2.24) is 0 Å². The van der Waals surface area contributed by atoms with Crippen molar-refractivity contribution >= 4 is 32.6 Å². The summed E-state index contributed by atoms with van der Waals surface area (Å²) >= 11 is 0. The van der Waals surface area contributed by atoms with Crippen LogP contribution >= 0.6 is 0 Å². The fraction of sp³-hybridized carbons (Fsp3) is 0.154. The Morgan fingerprint density at radius 2 is 1.69 bits per heavy atom. The van der Waals surface area contributed by atoms with Crippen LogP contribution in [0.2, 0.25) is 0 Å². The zero-order valence-electron chi connectivity index (χ0n) is 19.3. The molecule has 0 unspecified atom stereocenters. The number of sulfonamides is 1. The van der Waals surface area contributed by atoms with E-state index in [0.717, 1.165) is 11.1 Å². The molecule has 1 heterocycles. The molecule has 35 heavy (non-hydrogen) atoms. The summed E-state index contributed by atoms with van der Waals surface area (Å²) in [5.41, 5.74) is 2.64. The van der Waals surface area contributed by atoms with Crippen LogP contribution in [0.25, 0.3) is 11.0 Å². The van der Waals surface area contributed by atoms with Gasteiger partial charge in [0.15, 0.2) is 0 Å². The van der Waals surface area contributed by atoms with E-state index in [1.165, 1.54) is 37.4 Å². The molecule has 8 nitrogen and oxygen atoms in total. The van der Waals surface area contributed by atoms with Crippen molar-refractivity contribution in [3.05, 3.63) is 99.4 Å². The highest BCUT2D eigenvalue weighted by molar-refractivity contribution is 7.92. The summed E-state index contributed by atoms with van der Waals surface area (Å²) < 4.78 is 43.6. The molecule has 180 valence electrons. The lowest BCUT2D eigenvalue weighted by atomic mass is 10.1. The summed E-state index contributed by atoms with van der Waals surface area (Å²) in [5, 5.41) is 0.620. The van der Waals surface area contributed by atoms with Crippen molar-refractivity contribution in [2.45, 2.75) is 25.3 Å². The predicted molar refractivity (Wildman–Crippen MR) is 131 cm³/mol. The predicted octanol–water partition coefficient (Wildman–Crippen LogP) is 4.58. The first-order valence-electron chi connectivity index (χ1n) is 10.6. The van der Waals surface area contributed by atoms with Gasteiger partial charge in [0.25, 0.3) is 10.0 Å². The summed E-state index contributed by atoms with van der Waals surface area (Å²) in [6.07, 6.45) is 0. The smallest absolute Gasteiger partial charge is 0.338 e. The zero-order chi connectivity index (χ0) is 25.2. The monoisotopic (exact) mass is 493 g/mol. The van der Waals surface area contributed by atoms with Gasteiger partial charge in [0.05, 0.1) is 17.6 Å². The molecule has 1 N–H and O–H groups in total. The molecule has 0 aliphatic rings. The van der Waals surface area contributed by atoms with Gasteiger partial charge in [-0.3, -0.25) is 4.72 Å². The number of hydrogen-bond acceptors (Lipinski definition) is 7. The molecule has 0 aliphatic carbocycles. The molecule has 1 aromatic heterocycles. The standard InChI is InChI=1S/C26H23NO7S/c1-16-4-10-22(12-17(16)2)35(30,31)27-20-7-5-18(6-8-20)26(29)33-15-19-13-25(28)34-24-14-21(32-3)9-11-23(19)24/h4-14,27H,15H2,1-3H3. The van der Waals surface area contributed by atoms with Gasteiger partial charge in [-0.2, -0.15) is 0 Å². The minimum absolute atomic E-state index is 0.144. The van der Waals surface area contributed by atoms with Crippen molar-refractivity contribution in [2.75, 3.05) is 11.8 Å². The second kappa shape index (κ2) is 9.63. The van der Waals surface area contributed by atoms with E-state index < -0.39 is 21.6 Å². The van der Waals surface area contributed by atoms with Gasteiger partial charge < -0.3 is 13.9 Å². The lowest BCUT2D eigenvalue weighted by Gasteiger charge is -2.11. The Morgan fingerprint density at radius 3 is 2.37 bits per heavy atom. The largest absolute Gasteiger partial charge is 0.497 e. The first kappa shape index (κ1) is 24.0. The molecule has 9 heteroatoms. The summed E-state index contributed by atoms with van der Waals surface area (Å²) in [6.45, 7) is 3.61. The number of anilines is 1. The molecule has 0 atom stereocenters. The summed E-state index contributed by atoms with van der Waals surface area (Å²) in [4.78, 5) is 24.6. The molecule has 0 radical (unpaired) electrons. The van der Waals surface area contributed by atoms with Gasteiger partial charge in [-0.05, 0) is 73.5 Å². The fourth-order valence-electron chi connectivity index (χ4n) is 3.45. The van der Waals surface area contributed by atoms with Crippen molar-refractivity contribution in [3.63, 3.8) is 0 Å². The highest BCUT2D eigenvalue weighted by atomic mass is 32.2. The lowest BCUT2D eigenvalue weighted by Crippen LogP contribution is -2.13. The van der Waals surface area contributed by atoms with Crippen molar-refractivity contribution in [1.29, 1.82) is 0 Å². The van der Waals surface area contributed by atoms with Crippen LogP contribution in [0.1, 0.15) is 27.0 Å². The van der Waals surface area contributed by atoms with Gasteiger partial charge in [-0.25, -0.2) is 18.0 Å². The average molecular weight is 494 g/mol. The van der Waals surface area contributed by atoms with Crippen LogP contribution in [0.3, 0.4) is 0 Å². The molecule has 0 spiro atoms. The number of carbonyl (C=O) groups excluding carboxylic acids is 1. The number of benzene rings is 3. The van der Waals surface area contributed by atoms with Crippen LogP contribution in [-0.2, 0) is 21.4 Å². The van der Waals surface area contributed by atoms with Crippen LogP contribution in [0.15, 0.2) is 80.8 Å². The van der Waals surface area contributed by atoms with Crippen LogP contribution in [0.5, 0.6) is 5.75 Å². The third-order valence-electron chi connectivity index (χ3n) is 5.56. The normalized spacial score (nSPS) is 11.3. The number of rotatable bonds is 7. The zero-order valence-corrected chi connectivity index (χ0v) is 20.1. The van der Waals surface area contributed by atoms with Crippen molar-refractivity contribution in [2.24, 2.45) is 0 Å². The van der Waals surface area contributed by atoms with E-state index in [-0.39, 0.29) is 17.1 Å². The molecule has 0 saturated carbocycles. The van der Waals surface area contributed by atoms with E-state index >= 15 is 0 Å². The molecule has 0 fully saturated rings. The Morgan fingerprint density at radius 1 is 0.943 bits per heavy atom. The van der Waals surface area contributed by atoms with Gasteiger partial charge in [0, 0.05) is 28.8 Å². The summed E-state index contributed by atoms with van der Waals surface area (Å²) in [6, 6.07) is 17.1. The van der Waals surface area contributed by atoms with E-state index in [0.29, 0.717) is 28.0 Å². The summed E-state index contributed by atoms with van der Waals surface area (Å²) in [7, 11) is -2.27. The number of methoxy groups -OCH3 is 1. The number of nitrogens with one attached hydrogen (secondary N) is 1. The van der Waals surface area contributed by atoms with Gasteiger partial charge in [-0.15, -0.1) is 0 Å². The number of carbonyl (C=O) groups is 1. The molecular weight excluding hydrogens is 470 g/mol. The maximum atomic E-state index is 12.7. The first-order valence-corrected chi connectivity index (χ1v) is 12.1. The quantitative estimate of drug-likeness (QED) is 0.296. The molecule has 0 saturated heterocycles. The number of esters is 1. The molecule has 4 aromatic rings. The minimum Gasteiger partial charge on any atom is -0.497 e. The second-order valence-corrected chi connectivity index (χ2v) is 9.64.